The van der Waals surface area contributed by atoms with Crippen molar-refractivity contribution >= 4 is 5.91 Å². The summed E-state index contributed by atoms with van der Waals surface area (Å²) in [5.41, 5.74) is 0.961. The molecular weight excluding hydrogens is 248 g/mol. The number of likely N-dealkylation sites (tertiary alicyclic amines) is 1. The highest BCUT2D eigenvalue weighted by molar-refractivity contribution is 5.94. The molecule has 2 atom stereocenters. The number of nitrogens with one attached hydrogen (secondary N) is 1. The summed E-state index contributed by atoms with van der Waals surface area (Å²) >= 11 is 0. The highest BCUT2D eigenvalue weighted by atomic mass is 16.1. The summed E-state index contributed by atoms with van der Waals surface area (Å²) < 4.78 is 0. The van der Waals surface area contributed by atoms with Crippen LogP contribution in [0, 0.1) is 5.41 Å². The van der Waals surface area contributed by atoms with Crippen molar-refractivity contribution in [3.63, 3.8) is 0 Å². The number of amides is 1. The van der Waals surface area contributed by atoms with Crippen molar-refractivity contribution in [1.82, 2.24) is 10.2 Å². The van der Waals surface area contributed by atoms with Gasteiger partial charge in [-0.3, -0.25) is 9.69 Å². The molecule has 0 bridgehead atoms. The Labute approximate surface area is 122 Å². The van der Waals surface area contributed by atoms with Gasteiger partial charge in [0, 0.05) is 18.2 Å². The SMILES string of the molecule is CC(N1CCCC1NC(=O)c1ccccc1)C(C)(C)C. The second-order valence-electron chi connectivity index (χ2n) is 6.78. The first-order chi connectivity index (χ1) is 9.39. The molecule has 1 heterocycles. The van der Waals surface area contributed by atoms with Crippen LogP contribution in [0.3, 0.4) is 0 Å². The summed E-state index contributed by atoms with van der Waals surface area (Å²) in [6.07, 6.45) is 2.36. The number of nitrogens with zero attached hydrogens (tertiary/aromatic N) is 1. The van der Waals surface area contributed by atoms with Crippen LogP contribution in [-0.2, 0) is 0 Å². The van der Waals surface area contributed by atoms with E-state index in [1.165, 1.54) is 0 Å². The third kappa shape index (κ3) is 3.40. The second-order valence-corrected chi connectivity index (χ2v) is 6.78. The predicted octanol–water partition coefficient (Wildman–Crippen LogP) is 3.27. The van der Waals surface area contributed by atoms with Gasteiger partial charge in [-0.15, -0.1) is 0 Å². The van der Waals surface area contributed by atoms with Crippen LogP contribution in [0.2, 0.25) is 0 Å². The normalized spacial score (nSPS) is 21.7. The lowest BCUT2D eigenvalue weighted by atomic mass is 9.87. The third-order valence-electron chi connectivity index (χ3n) is 4.38. The number of carbonyl (C=O) groups excluding carboxylic acids is 1. The van der Waals surface area contributed by atoms with Gasteiger partial charge in [0.05, 0.1) is 6.17 Å². The average Bonchev–Trinajstić information content (AvgIpc) is 2.85. The molecule has 2 unspecified atom stereocenters. The van der Waals surface area contributed by atoms with Gasteiger partial charge in [-0.2, -0.15) is 0 Å². The van der Waals surface area contributed by atoms with Crippen molar-refractivity contribution in [2.75, 3.05) is 6.54 Å². The zero-order chi connectivity index (χ0) is 14.8. The van der Waals surface area contributed by atoms with E-state index in [1.54, 1.807) is 0 Å². The van der Waals surface area contributed by atoms with Crippen LogP contribution in [-0.4, -0.2) is 29.6 Å². The lowest BCUT2D eigenvalue weighted by Crippen LogP contribution is -2.51. The largest absolute Gasteiger partial charge is 0.336 e. The van der Waals surface area contributed by atoms with Gasteiger partial charge in [0.1, 0.15) is 0 Å². The van der Waals surface area contributed by atoms with Crippen LogP contribution >= 0.6 is 0 Å². The zero-order valence-corrected chi connectivity index (χ0v) is 13.0. The number of carbonyl (C=O) groups is 1. The van der Waals surface area contributed by atoms with Crippen LogP contribution in [0.4, 0.5) is 0 Å². The predicted molar refractivity (Wildman–Crippen MR) is 82.6 cm³/mol. The van der Waals surface area contributed by atoms with Crippen molar-refractivity contribution < 1.29 is 4.79 Å². The quantitative estimate of drug-likeness (QED) is 0.917. The maximum Gasteiger partial charge on any atom is 0.252 e. The molecule has 0 saturated carbocycles. The second kappa shape index (κ2) is 5.96. The van der Waals surface area contributed by atoms with E-state index in [0.29, 0.717) is 6.04 Å². The zero-order valence-electron chi connectivity index (χ0n) is 13.0. The van der Waals surface area contributed by atoms with Crippen molar-refractivity contribution in [2.24, 2.45) is 5.41 Å². The molecule has 1 amide bonds. The Morgan fingerprint density at radius 2 is 1.95 bits per heavy atom. The van der Waals surface area contributed by atoms with Gasteiger partial charge in [-0.1, -0.05) is 39.0 Å². The summed E-state index contributed by atoms with van der Waals surface area (Å²) in [5, 5.41) is 3.19. The first-order valence-electron chi connectivity index (χ1n) is 7.51. The van der Waals surface area contributed by atoms with E-state index in [-0.39, 0.29) is 17.5 Å². The minimum atomic E-state index is 0.0311. The van der Waals surface area contributed by atoms with E-state index >= 15 is 0 Å². The minimum absolute atomic E-state index is 0.0311. The lowest BCUT2D eigenvalue weighted by Gasteiger charge is -2.39. The first kappa shape index (κ1) is 15.0. The van der Waals surface area contributed by atoms with E-state index in [9.17, 15) is 4.79 Å². The molecule has 1 fully saturated rings. The Morgan fingerprint density at radius 3 is 2.55 bits per heavy atom. The van der Waals surface area contributed by atoms with Crippen molar-refractivity contribution in [2.45, 2.75) is 52.7 Å². The Morgan fingerprint density at radius 1 is 1.30 bits per heavy atom. The molecule has 20 heavy (non-hydrogen) atoms. The summed E-state index contributed by atoms with van der Waals surface area (Å²) in [6.45, 7) is 10.1. The fraction of sp³-hybridized carbons (Fsp3) is 0.588. The van der Waals surface area contributed by atoms with Gasteiger partial charge in [0.25, 0.3) is 5.91 Å². The van der Waals surface area contributed by atoms with E-state index in [0.717, 1.165) is 24.9 Å². The smallest absolute Gasteiger partial charge is 0.252 e. The van der Waals surface area contributed by atoms with Crippen LogP contribution in [0.25, 0.3) is 0 Å². The van der Waals surface area contributed by atoms with Crippen molar-refractivity contribution in [1.29, 1.82) is 0 Å². The summed E-state index contributed by atoms with van der Waals surface area (Å²) in [4.78, 5) is 14.7. The molecule has 1 saturated heterocycles. The molecule has 1 aliphatic heterocycles. The molecule has 0 radical (unpaired) electrons. The molecule has 1 N–H and O–H groups in total. The molecule has 1 aromatic rings. The summed E-state index contributed by atoms with van der Waals surface area (Å²) in [7, 11) is 0. The Hall–Kier alpha value is -1.35. The van der Waals surface area contributed by atoms with E-state index in [2.05, 4.69) is 37.9 Å². The molecular formula is C17H26N2O. The van der Waals surface area contributed by atoms with E-state index in [4.69, 9.17) is 0 Å². The molecule has 0 aliphatic carbocycles. The van der Waals surface area contributed by atoms with E-state index < -0.39 is 0 Å². The van der Waals surface area contributed by atoms with Gasteiger partial charge in [0.2, 0.25) is 0 Å². The number of rotatable bonds is 3. The molecule has 110 valence electrons. The Bertz CT molecular complexity index is 450. The standard InChI is InChI=1S/C17H26N2O/c1-13(17(2,3)4)19-12-8-11-15(19)18-16(20)14-9-6-5-7-10-14/h5-7,9-10,13,15H,8,11-12H2,1-4H3,(H,18,20). The summed E-state index contributed by atoms with van der Waals surface area (Å²) in [5.74, 6) is 0.0311. The molecule has 0 spiro atoms. The van der Waals surface area contributed by atoms with Gasteiger partial charge >= 0.3 is 0 Å². The van der Waals surface area contributed by atoms with Gasteiger partial charge in [-0.05, 0) is 37.3 Å². The Kier molecular flexibility index (Phi) is 4.48. The topological polar surface area (TPSA) is 32.3 Å². The highest BCUT2D eigenvalue weighted by Gasteiger charge is 2.34. The van der Waals surface area contributed by atoms with Crippen LogP contribution in [0.15, 0.2) is 30.3 Å². The van der Waals surface area contributed by atoms with Crippen molar-refractivity contribution in [3.05, 3.63) is 35.9 Å². The Balaban J connectivity index is 2.03. The minimum Gasteiger partial charge on any atom is -0.336 e. The lowest BCUT2D eigenvalue weighted by molar-refractivity contribution is 0.0694. The average molecular weight is 274 g/mol. The van der Waals surface area contributed by atoms with E-state index in [1.807, 2.05) is 30.3 Å². The number of benzene rings is 1. The fourth-order valence-corrected chi connectivity index (χ4v) is 2.73. The van der Waals surface area contributed by atoms with Gasteiger partial charge in [0.15, 0.2) is 0 Å². The molecule has 3 nitrogen and oxygen atoms in total. The molecule has 1 aromatic carbocycles. The molecule has 2 rings (SSSR count). The van der Waals surface area contributed by atoms with Crippen LogP contribution < -0.4 is 5.32 Å². The maximum absolute atomic E-state index is 12.3. The van der Waals surface area contributed by atoms with Crippen LogP contribution in [0.1, 0.15) is 50.9 Å². The van der Waals surface area contributed by atoms with Gasteiger partial charge < -0.3 is 5.32 Å². The third-order valence-corrected chi connectivity index (χ3v) is 4.38. The van der Waals surface area contributed by atoms with Crippen LogP contribution in [0.5, 0.6) is 0 Å². The number of hydrogen-bond donors (Lipinski definition) is 1. The molecule has 3 heteroatoms. The fourth-order valence-electron chi connectivity index (χ4n) is 2.73. The first-order valence-corrected chi connectivity index (χ1v) is 7.51. The highest BCUT2D eigenvalue weighted by Crippen LogP contribution is 2.29. The monoisotopic (exact) mass is 274 g/mol. The van der Waals surface area contributed by atoms with Gasteiger partial charge in [-0.25, -0.2) is 0 Å². The maximum atomic E-state index is 12.3. The molecule has 1 aliphatic rings. The summed E-state index contributed by atoms with van der Waals surface area (Å²) in [6, 6.07) is 9.91. The number of hydrogen-bond acceptors (Lipinski definition) is 2. The molecule has 0 aromatic heterocycles. The van der Waals surface area contributed by atoms with Crippen molar-refractivity contribution in [3.8, 4) is 0 Å².